The molecular weight excluding hydrogens is 661 g/mol. The first-order valence-corrected chi connectivity index (χ1v) is 14.7. The van der Waals surface area contributed by atoms with Gasteiger partial charge in [-0.2, -0.15) is 0 Å². The van der Waals surface area contributed by atoms with Crippen molar-refractivity contribution in [2.75, 3.05) is 26.2 Å². The van der Waals surface area contributed by atoms with Gasteiger partial charge in [-0.15, -0.1) is 0 Å². The zero-order valence-electron chi connectivity index (χ0n) is 28.6. The Labute approximate surface area is 264 Å². The number of hydrogen-bond acceptors (Lipinski definition) is 18. The van der Waals surface area contributed by atoms with Crippen LogP contribution >= 0.6 is 15.6 Å². The maximum atomic E-state index is 12.8. The zero-order chi connectivity index (χ0) is 31.8. The topological polar surface area (TPSA) is 303 Å². The second-order valence-corrected chi connectivity index (χ2v) is 11.3. The fourth-order valence-corrected chi connectivity index (χ4v) is 4.36. The molecule has 2 aromatic heterocycles. The summed E-state index contributed by atoms with van der Waals surface area (Å²) in [4.78, 5) is 76.5. The molecule has 0 aliphatic heterocycles. The molecule has 2 rings (SSSR count). The van der Waals surface area contributed by atoms with E-state index in [-0.39, 0.29) is 72.4 Å². The van der Waals surface area contributed by atoms with Gasteiger partial charge in [0.25, 0.3) is 0 Å². The molecule has 2 aromatic rings. The number of aliphatic carboxylic acids is 2. The van der Waals surface area contributed by atoms with E-state index < -0.39 is 78.5 Å². The summed E-state index contributed by atoms with van der Waals surface area (Å²) in [6.45, 7) is -2.04. The minimum Gasteiger partial charge on any atom is -0.871 e. The molecule has 43 heavy (non-hydrogen) atoms. The third kappa shape index (κ3) is 13.4. The number of carbonyl (C=O) groups is 2. The van der Waals surface area contributed by atoms with Crippen LogP contribution in [-0.2, 0) is 71.1 Å². The summed E-state index contributed by atoms with van der Waals surface area (Å²) in [5.41, 5.74) is -0.577. The number of nitrogens with zero attached hydrogens (tertiary/aromatic N) is 4. The van der Waals surface area contributed by atoms with Crippen molar-refractivity contribution in [3.8, 4) is 11.5 Å². The number of rotatable bonds is 17. The van der Waals surface area contributed by atoms with Crippen LogP contribution < -0.4 is 40.0 Å². The van der Waals surface area contributed by atoms with Gasteiger partial charge in [-0.25, -0.2) is 0 Å². The number of carboxylic acids is 2. The normalized spacial score (nSPS) is 12.0. The Morgan fingerprint density at radius 2 is 1.09 bits per heavy atom. The van der Waals surface area contributed by atoms with Crippen molar-refractivity contribution in [3.63, 3.8) is 0 Å². The molecule has 18 nitrogen and oxygen atoms in total. The third-order valence-electron chi connectivity index (χ3n) is 5.77. The van der Waals surface area contributed by atoms with Gasteiger partial charge in [0.15, 0.2) is 0 Å². The van der Waals surface area contributed by atoms with Crippen LogP contribution in [0.3, 0.4) is 0 Å². The van der Waals surface area contributed by atoms with Gasteiger partial charge in [-0.3, -0.25) is 19.8 Å². The van der Waals surface area contributed by atoms with Crippen molar-refractivity contribution in [1.29, 1.82) is 0 Å². The van der Waals surface area contributed by atoms with Crippen molar-refractivity contribution in [3.05, 3.63) is 46.0 Å². The molecule has 0 aromatic carbocycles. The van der Waals surface area contributed by atoms with Crippen LogP contribution in [0.25, 0.3) is 0 Å². The monoisotopic (exact) mass is 691 g/mol. The predicted octanol–water partition coefficient (Wildman–Crippen LogP) is -5.59. The van der Waals surface area contributed by atoms with Gasteiger partial charge in [0.2, 0.25) is 0 Å². The molecule has 0 bridgehead atoms. The Hall–Kier alpha value is -2.50. The van der Waals surface area contributed by atoms with Crippen molar-refractivity contribution in [1.82, 2.24) is 19.8 Å². The van der Waals surface area contributed by atoms with E-state index in [9.17, 15) is 58.7 Å². The molecule has 1 radical (unpaired) electrons. The number of phosphoric acid groups is 2. The predicted molar refractivity (Wildman–Crippen MR) is 129 cm³/mol. The van der Waals surface area contributed by atoms with Gasteiger partial charge in [-0.05, 0) is 25.0 Å². The summed E-state index contributed by atoms with van der Waals surface area (Å²) in [6, 6.07) is 0. The van der Waals surface area contributed by atoms with E-state index in [4.69, 9.17) is 0 Å². The molecule has 0 unspecified atom stereocenters. The van der Waals surface area contributed by atoms with E-state index in [2.05, 4.69) is 19.0 Å². The summed E-state index contributed by atoms with van der Waals surface area (Å²) in [5, 5.41) is 48.4. The first kappa shape index (κ1) is 38.5. The summed E-state index contributed by atoms with van der Waals surface area (Å²) < 4.78 is 30.3. The van der Waals surface area contributed by atoms with E-state index in [0.717, 1.165) is 22.2 Å². The number of carbonyl (C=O) groups excluding carboxylic acids is 2. The first-order chi connectivity index (χ1) is 19.4. The molecule has 0 amide bonds. The first-order valence-electron chi connectivity index (χ1n) is 11.8. The number of pyridine rings is 2. The fraction of sp³-hybridized carbons (Fsp3) is 0.455. The van der Waals surface area contributed by atoms with Crippen LogP contribution in [0.4, 0.5) is 0 Å². The number of carboxylic acid groups (broad SMARTS) is 2. The number of hydrogen-bond donors (Lipinski definition) is 0. The quantitative estimate of drug-likeness (QED) is 0.110. The second-order valence-electron chi connectivity index (χ2n) is 8.96. The minimum atomic E-state index is -5.44. The summed E-state index contributed by atoms with van der Waals surface area (Å²) in [5.74, 6) is -4.57. The smallest absolute Gasteiger partial charge is 0.871 e. The molecule has 0 spiro atoms. The maximum Gasteiger partial charge on any atom is 2.00 e. The largest absolute Gasteiger partial charge is 2.00 e. The molecule has 2 heterocycles. The standard InChI is InChI=1S/C22H32N4O14P2.Mn/c1-13-21(31)17(15(5-23-13)11-39-41(33,34)35)7-25(9-19(27)28)3-4-26(10-20(29)30)8-18-16(12-40-42(36,37)38)6-24-14(2)22(18)32;/h5-6,31-32H,3-4,7-12H2,1-2H3,(H,27,28)(H,29,30)(H2,33,34,35)(H2,36,37,38);/q;+2/p-2. The molecule has 0 saturated heterocycles. The van der Waals surface area contributed by atoms with Gasteiger partial charge in [0, 0.05) is 74.2 Å². The Bertz CT molecular complexity index is 1310. The summed E-state index contributed by atoms with van der Waals surface area (Å²) in [6.07, 6.45) is 2.16. The van der Waals surface area contributed by atoms with Crippen LogP contribution in [0.1, 0.15) is 42.2 Å². The van der Waals surface area contributed by atoms with Crippen LogP contribution in [0.15, 0.2) is 12.4 Å². The average Bonchev–Trinajstić information content (AvgIpc) is 2.85. The van der Waals surface area contributed by atoms with E-state index in [1.165, 1.54) is 13.8 Å². The molecule has 0 N–H and O–H groups in total. The van der Waals surface area contributed by atoms with Crippen LogP contribution in [0.5, 0.6) is 11.5 Å². The van der Waals surface area contributed by atoms with Gasteiger partial charge in [-0.1, -0.05) is 11.5 Å². The second kappa shape index (κ2) is 16.5. The molecule has 0 atom stereocenters. The molecule has 239 valence electrons. The molecule has 21 heteroatoms. The maximum absolute atomic E-state index is 12.8. The number of phosphoric ester groups is 2. The zero-order valence-corrected chi connectivity index (χ0v) is 25.6. The summed E-state index contributed by atoms with van der Waals surface area (Å²) in [7, 11) is -10.9. The van der Waals surface area contributed by atoms with Crippen LogP contribution in [0, 0.1) is 13.8 Å². The summed E-state index contributed by atoms with van der Waals surface area (Å²) >= 11 is 0. The molecule has 0 aliphatic rings. The molecule has 0 aliphatic carbocycles. The molecular formula is C22H30MnN4O14P2. The van der Waals surface area contributed by atoms with Crippen molar-refractivity contribution in [2.45, 2.75) is 40.2 Å². The Morgan fingerprint density at radius 1 is 0.767 bits per heavy atom. The third-order valence-corrected chi connectivity index (χ3v) is 6.66. The van der Waals surface area contributed by atoms with Crippen LogP contribution in [0.2, 0.25) is 0 Å². The van der Waals surface area contributed by atoms with E-state index in [1.54, 1.807) is 0 Å². The SMILES string of the molecule is Cc1ncc(COP(=O)([O-])[O-])c(CN(CCN(CC(=O)[O-])Cc2c(COP(=O)([O-])[O-])cnc(C)c2[O-])CC(=O)[O-])c1[O-].[H+].[H+].[H+].[H+].[H+].[H+].[Mn+2]. The number of aromatic nitrogens is 2. The van der Waals surface area contributed by atoms with Gasteiger partial charge in [0.05, 0.1) is 40.8 Å². The van der Waals surface area contributed by atoms with Gasteiger partial charge in [0.1, 0.15) is 0 Å². The van der Waals surface area contributed by atoms with E-state index >= 15 is 0 Å². The molecule has 0 fully saturated rings. The Balaban J connectivity index is -0.000000660. The van der Waals surface area contributed by atoms with E-state index in [1.807, 2.05) is 0 Å². The van der Waals surface area contributed by atoms with Gasteiger partial charge >= 0.3 is 25.6 Å². The minimum absolute atomic E-state index is 0. The van der Waals surface area contributed by atoms with Crippen LogP contribution in [-0.4, -0.2) is 57.9 Å². The molecule has 0 saturated carbocycles. The van der Waals surface area contributed by atoms with Gasteiger partial charge < -0.3 is 67.8 Å². The Morgan fingerprint density at radius 3 is 1.37 bits per heavy atom. The Kier molecular flexibility index (Phi) is 14.8. The number of aryl methyl sites for hydroxylation is 2. The van der Waals surface area contributed by atoms with E-state index in [0.29, 0.717) is 0 Å². The fourth-order valence-electron chi connectivity index (χ4n) is 3.77. The average molecular weight is 691 g/mol. The van der Waals surface area contributed by atoms with Crippen molar-refractivity contribution >= 4 is 27.6 Å². The van der Waals surface area contributed by atoms with Crippen molar-refractivity contribution in [2.24, 2.45) is 0 Å². The van der Waals surface area contributed by atoms with Crippen molar-refractivity contribution < 1.29 is 93.4 Å².